The number of rotatable bonds is 3. The second-order valence-corrected chi connectivity index (χ2v) is 8.26. The van der Waals surface area contributed by atoms with E-state index in [-0.39, 0.29) is 18.3 Å². The predicted molar refractivity (Wildman–Crippen MR) is 98.8 cm³/mol. The number of esters is 1. The molecule has 0 spiro atoms. The maximum atomic E-state index is 13.8. The summed E-state index contributed by atoms with van der Waals surface area (Å²) in [5.74, 6) is -0.424. The van der Waals surface area contributed by atoms with Gasteiger partial charge in [-0.15, -0.1) is 11.3 Å². The van der Waals surface area contributed by atoms with Gasteiger partial charge in [0.2, 0.25) is 0 Å². The Labute approximate surface area is 155 Å². The Hall–Kier alpha value is -1.95. The molecule has 4 rings (SSSR count). The molecule has 2 aromatic rings. The quantitative estimate of drug-likeness (QED) is 0.748. The lowest BCUT2D eigenvalue weighted by Gasteiger charge is -2.44. The summed E-state index contributed by atoms with van der Waals surface area (Å²) in [5.41, 5.74) is 0. The van der Waals surface area contributed by atoms with E-state index < -0.39 is 5.97 Å². The molecule has 4 nitrogen and oxygen atoms in total. The van der Waals surface area contributed by atoms with Crippen LogP contribution in [0.1, 0.15) is 48.2 Å². The number of amides is 1. The van der Waals surface area contributed by atoms with Crippen LogP contribution in [0.25, 0.3) is 10.1 Å². The highest BCUT2D eigenvalue weighted by Gasteiger charge is 2.35. The Bertz CT molecular complexity index is 832. The van der Waals surface area contributed by atoms with Gasteiger partial charge in [0.15, 0.2) is 6.61 Å². The van der Waals surface area contributed by atoms with Crippen LogP contribution in [0.5, 0.6) is 0 Å². The van der Waals surface area contributed by atoms with Crippen LogP contribution < -0.4 is 0 Å². The number of halogens is 1. The Morgan fingerprint density at radius 1 is 1.19 bits per heavy atom. The zero-order valence-corrected chi connectivity index (χ0v) is 15.4. The number of ether oxygens (including phenoxy) is 1. The lowest BCUT2D eigenvalue weighted by atomic mass is 9.78. The maximum absolute atomic E-state index is 13.8. The summed E-state index contributed by atoms with van der Waals surface area (Å²) in [6.07, 6.45) is 6.89. The lowest BCUT2D eigenvalue weighted by Crippen LogP contribution is -2.50. The summed E-state index contributed by atoms with van der Waals surface area (Å²) in [4.78, 5) is 27.1. The minimum Gasteiger partial charge on any atom is -0.451 e. The van der Waals surface area contributed by atoms with E-state index in [2.05, 4.69) is 0 Å². The fourth-order valence-electron chi connectivity index (χ4n) is 4.34. The maximum Gasteiger partial charge on any atom is 0.348 e. The number of thiophene rings is 1. The van der Waals surface area contributed by atoms with Gasteiger partial charge in [0.1, 0.15) is 10.7 Å². The monoisotopic (exact) mass is 375 g/mol. The number of piperidine rings is 1. The van der Waals surface area contributed by atoms with E-state index in [0.717, 1.165) is 25.8 Å². The highest BCUT2D eigenvalue weighted by atomic mass is 32.1. The standard InChI is InChI=1S/C20H22FNO3S/c21-15-7-3-9-17-14(15)11-18(26-17)20(24)25-12-19(23)22-10-4-6-13-5-1-2-8-16(13)22/h3,7,9,11,13,16H,1-2,4-6,8,10,12H2/t13-,16+/m0/s1. The van der Waals surface area contributed by atoms with Crippen molar-refractivity contribution in [2.45, 2.75) is 44.6 Å². The summed E-state index contributed by atoms with van der Waals surface area (Å²) < 4.78 is 19.7. The molecule has 6 heteroatoms. The summed E-state index contributed by atoms with van der Waals surface area (Å²) in [6.45, 7) is 0.518. The van der Waals surface area contributed by atoms with E-state index in [9.17, 15) is 14.0 Å². The van der Waals surface area contributed by atoms with Crippen LogP contribution in [0, 0.1) is 11.7 Å². The van der Waals surface area contributed by atoms with Crippen LogP contribution in [0.3, 0.4) is 0 Å². The molecule has 0 unspecified atom stereocenters. The molecule has 1 aromatic heterocycles. The number of fused-ring (bicyclic) bond motifs is 2. The van der Waals surface area contributed by atoms with E-state index >= 15 is 0 Å². The average molecular weight is 375 g/mol. The summed E-state index contributed by atoms with van der Waals surface area (Å²) in [7, 11) is 0. The molecule has 1 aromatic carbocycles. The van der Waals surface area contributed by atoms with Crippen LogP contribution >= 0.6 is 11.3 Å². The zero-order chi connectivity index (χ0) is 18.1. The van der Waals surface area contributed by atoms with Gasteiger partial charge < -0.3 is 9.64 Å². The second-order valence-electron chi connectivity index (χ2n) is 7.18. The Balaban J connectivity index is 1.40. The van der Waals surface area contributed by atoms with Crippen molar-refractivity contribution in [2.75, 3.05) is 13.2 Å². The normalized spacial score (nSPS) is 22.9. The molecule has 0 bridgehead atoms. The summed E-state index contributed by atoms with van der Waals surface area (Å²) >= 11 is 1.19. The van der Waals surface area contributed by atoms with Gasteiger partial charge in [0.25, 0.3) is 5.91 Å². The van der Waals surface area contributed by atoms with Gasteiger partial charge in [-0.3, -0.25) is 4.79 Å². The van der Waals surface area contributed by atoms with Gasteiger partial charge in [-0.05, 0) is 49.8 Å². The second kappa shape index (κ2) is 7.35. The molecular weight excluding hydrogens is 353 g/mol. The number of carbonyl (C=O) groups is 2. The van der Waals surface area contributed by atoms with Crippen molar-refractivity contribution in [3.63, 3.8) is 0 Å². The smallest absolute Gasteiger partial charge is 0.348 e. The fourth-order valence-corrected chi connectivity index (χ4v) is 5.31. The van der Waals surface area contributed by atoms with E-state index in [1.165, 1.54) is 42.7 Å². The number of likely N-dealkylation sites (tertiary alicyclic amines) is 1. The van der Waals surface area contributed by atoms with Crippen molar-refractivity contribution in [1.82, 2.24) is 4.90 Å². The van der Waals surface area contributed by atoms with Crippen molar-refractivity contribution in [1.29, 1.82) is 0 Å². The lowest BCUT2D eigenvalue weighted by molar-refractivity contribution is -0.140. The molecule has 2 heterocycles. The Morgan fingerprint density at radius 2 is 2.00 bits per heavy atom. The van der Waals surface area contributed by atoms with E-state index in [1.807, 2.05) is 4.90 Å². The van der Waals surface area contributed by atoms with E-state index in [4.69, 9.17) is 4.74 Å². The Morgan fingerprint density at radius 3 is 2.85 bits per heavy atom. The van der Waals surface area contributed by atoms with Crippen LogP contribution in [0.4, 0.5) is 4.39 Å². The molecule has 2 atom stereocenters. The zero-order valence-electron chi connectivity index (χ0n) is 14.6. The molecule has 138 valence electrons. The minimum atomic E-state index is -0.559. The molecule has 1 saturated carbocycles. The number of benzene rings is 1. The van der Waals surface area contributed by atoms with Crippen LogP contribution in [-0.4, -0.2) is 36.0 Å². The Kier molecular flexibility index (Phi) is 4.94. The predicted octanol–water partition coefficient (Wildman–Crippen LogP) is 4.38. The van der Waals surface area contributed by atoms with Gasteiger partial charge >= 0.3 is 5.97 Å². The molecule has 2 aliphatic rings. The number of hydrogen-bond donors (Lipinski definition) is 0. The fraction of sp³-hybridized carbons (Fsp3) is 0.500. The number of carbonyl (C=O) groups excluding carboxylic acids is 2. The first-order valence-electron chi connectivity index (χ1n) is 9.28. The molecule has 26 heavy (non-hydrogen) atoms. The third kappa shape index (κ3) is 3.34. The summed E-state index contributed by atoms with van der Waals surface area (Å²) in [5, 5.41) is 0.414. The molecule has 0 radical (unpaired) electrons. The minimum absolute atomic E-state index is 0.109. The molecule has 1 aliphatic carbocycles. The molecule has 1 saturated heterocycles. The van der Waals surface area contributed by atoms with E-state index in [0.29, 0.717) is 26.9 Å². The molecular formula is C20H22FNO3S. The van der Waals surface area contributed by atoms with Crippen LogP contribution in [-0.2, 0) is 9.53 Å². The first-order chi connectivity index (χ1) is 12.6. The number of hydrogen-bond acceptors (Lipinski definition) is 4. The highest BCUT2D eigenvalue weighted by molar-refractivity contribution is 7.20. The van der Waals surface area contributed by atoms with E-state index in [1.54, 1.807) is 12.1 Å². The molecule has 0 N–H and O–H groups in total. The van der Waals surface area contributed by atoms with Crippen molar-refractivity contribution in [3.05, 3.63) is 35.0 Å². The molecule has 2 fully saturated rings. The van der Waals surface area contributed by atoms with Gasteiger partial charge in [-0.25, -0.2) is 9.18 Å². The van der Waals surface area contributed by atoms with Gasteiger partial charge in [0, 0.05) is 22.7 Å². The van der Waals surface area contributed by atoms with Crippen molar-refractivity contribution in [2.24, 2.45) is 5.92 Å². The van der Waals surface area contributed by atoms with Crippen molar-refractivity contribution >= 4 is 33.3 Å². The van der Waals surface area contributed by atoms with Crippen molar-refractivity contribution in [3.8, 4) is 0 Å². The van der Waals surface area contributed by atoms with Gasteiger partial charge in [-0.1, -0.05) is 18.9 Å². The average Bonchev–Trinajstić information content (AvgIpc) is 3.11. The topological polar surface area (TPSA) is 46.6 Å². The van der Waals surface area contributed by atoms with Gasteiger partial charge in [0.05, 0.1) is 0 Å². The van der Waals surface area contributed by atoms with Crippen LogP contribution in [0.2, 0.25) is 0 Å². The molecule has 1 amide bonds. The molecule has 1 aliphatic heterocycles. The van der Waals surface area contributed by atoms with Gasteiger partial charge in [-0.2, -0.15) is 0 Å². The summed E-state index contributed by atoms with van der Waals surface area (Å²) in [6, 6.07) is 6.55. The number of nitrogens with zero attached hydrogens (tertiary/aromatic N) is 1. The highest BCUT2D eigenvalue weighted by Crippen LogP contribution is 2.35. The van der Waals surface area contributed by atoms with Crippen molar-refractivity contribution < 1.29 is 18.7 Å². The third-order valence-corrected chi connectivity index (χ3v) is 6.68. The largest absolute Gasteiger partial charge is 0.451 e. The first-order valence-corrected chi connectivity index (χ1v) is 10.1. The SMILES string of the molecule is O=C(OCC(=O)N1CCC[C@@H]2CCCC[C@H]21)c1cc2c(F)cccc2s1. The third-order valence-electron chi connectivity index (χ3n) is 5.60. The van der Waals surface area contributed by atoms with Crippen LogP contribution in [0.15, 0.2) is 24.3 Å². The first kappa shape index (κ1) is 17.5.